The summed E-state index contributed by atoms with van der Waals surface area (Å²) in [6, 6.07) is 1.07. The van der Waals surface area contributed by atoms with Crippen LogP contribution in [0, 0.1) is 17.5 Å². The van der Waals surface area contributed by atoms with Crippen molar-refractivity contribution in [3.8, 4) is 5.69 Å². The number of nitrogens with one attached hydrogen (secondary N) is 1. The summed E-state index contributed by atoms with van der Waals surface area (Å²) in [7, 11) is 0. The van der Waals surface area contributed by atoms with Crippen LogP contribution in [0.2, 0.25) is 0 Å². The standard InChI is InChI=1S/C16H15Cl3F3N3O2/c1-15(2,3)13-11(24-14(26)27-7-16(17,18)19)6-23-25(13)12-9(21)4-8(20)5-10(12)22/h4-6H,7H2,1-3H3,(H,24,26). The van der Waals surface area contributed by atoms with Gasteiger partial charge in [0.05, 0.1) is 17.6 Å². The number of amides is 1. The van der Waals surface area contributed by atoms with Crippen LogP contribution in [0.4, 0.5) is 23.7 Å². The average molecular weight is 445 g/mol. The Morgan fingerprint density at radius 1 is 1.19 bits per heavy atom. The van der Waals surface area contributed by atoms with Crippen molar-refractivity contribution >= 4 is 46.6 Å². The lowest BCUT2D eigenvalue weighted by molar-refractivity contribution is 0.164. The summed E-state index contributed by atoms with van der Waals surface area (Å²) in [5.41, 5.74) is -0.927. The second-order valence-electron chi connectivity index (χ2n) is 6.60. The molecule has 0 aliphatic carbocycles. The van der Waals surface area contributed by atoms with Crippen LogP contribution in [0.3, 0.4) is 0 Å². The van der Waals surface area contributed by atoms with E-state index in [-0.39, 0.29) is 11.4 Å². The van der Waals surface area contributed by atoms with Crippen molar-refractivity contribution in [3.63, 3.8) is 0 Å². The molecular weight excluding hydrogens is 430 g/mol. The van der Waals surface area contributed by atoms with E-state index in [9.17, 15) is 18.0 Å². The Kier molecular flexibility index (Phi) is 6.23. The highest BCUT2D eigenvalue weighted by Gasteiger charge is 2.29. The van der Waals surface area contributed by atoms with Crippen LogP contribution in [0.25, 0.3) is 5.69 Å². The molecule has 5 nitrogen and oxygen atoms in total. The zero-order valence-electron chi connectivity index (χ0n) is 14.4. The fourth-order valence-electron chi connectivity index (χ4n) is 2.36. The minimum atomic E-state index is -1.80. The Bertz CT molecular complexity index is 838. The maximum atomic E-state index is 14.2. The predicted octanol–water partition coefficient (Wildman–Crippen LogP) is 5.51. The fraction of sp³-hybridized carbons (Fsp3) is 0.375. The van der Waals surface area contributed by atoms with Gasteiger partial charge in [0.15, 0.2) is 11.6 Å². The maximum Gasteiger partial charge on any atom is 0.411 e. The van der Waals surface area contributed by atoms with Gasteiger partial charge in [-0.15, -0.1) is 0 Å². The Balaban J connectivity index is 2.44. The van der Waals surface area contributed by atoms with Gasteiger partial charge in [0.25, 0.3) is 0 Å². The van der Waals surface area contributed by atoms with Gasteiger partial charge < -0.3 is 4.74 Å². The third-order valence-electron chi connectivity index (χ3n) is 3.28. The van der Waals surface area contributed by atoms with E-state index < -0.39 is 45.0 Å². The highest BCUT2D eigenvalue weighted by Crippen LogP contribution is 2.33. The third kappa shape index (κ3) is 5.43. The summed E-state index contributed by atoms with van der Waals surface area (Å²) in [4.78, 5) is 11.9. The van der Waals surface area contributed by atoms with Crippen LogP contribution < -0.4 is 5.32 Å². The largest absolute Gasteiger partial charge is 0.445 e. The summed E-state index contributed by atoms with van der Waals surface area (Å²) < 4.78 is 45.5. The predicted molar refractivity (Wildman–Crippen MR) is 97.4 cm³/mol. The first-order valence-corrected chi connectivity index (χ1v) is 8.67. The third-order valence-corrected chi connectivity index (χ3v) is 3.60. The topological polar surface area (TPSA) is 56.1 Å². The smallest absolute Gasteiger partial charge is 0.411 e. The molecule has 0 radical (unpaired) electrons. The van der Waals surface area contributed by atoms with Crippen LogP contribution in [-0.4, -0.2) is 26.3 Å². The minimum absolute atomic E-state index is 0.125. The SMILES string of the molecule is CC(C)(C)c1c(NC(=O)OCC(Cl)(Cl)Cl)cnn1-c1c(F)cc(F)cc1F. The van der Waals surface area contributed by atoms with E-state index in [0.29, 0.717) is 12.1 Å². The Morgan fingerprint density at radius 3 is 2.22 bits per heavy atom. The van der Waals surface area contributed by atoms with E-state index in [1.165, 1.54) is 6.20 Å². The molecule has 27 heavy (non-hydrogen) atoms. The molecule has 0 spiro atoms. The molecule has 0 saturated carbocycles. The summed E-state index contributed by atoms with van der Waals surface area (Å²) in [5, 5.41) is 6.32. The number of rotatable bonds is 3. The molecule has 1 aromatic heterocycles. The van der Waals surface area contributed by atoms with E-state index in [4.69, 9.17) is 39.5 Å². The molecule has 0 saturated heterocycles. The number of halogens is 6. The van der Waals surface area contributed by atoms with Gasteiger partial charge in [-0.25, -0.2) is 22.6 Å². The number of alkyl halides is 3. The molecule has 0 bridgehead atoms. The number of anilines is 1. The number of benzene rings is 1. The molecule has 11 heteroatoms. The molecule has 2 aromatic rings. The van der Waals surface area contributed by atoms with Gasteiger partial charge in [0.2, 0.25) is 3.79 Å². The van der Waals surface area contributed by atoms with Crippen molar-refractivity contribution in [3.05, 3.63) is 41.5 Å². The lowest BCUT2D eigenvalue weighted by Gasteiger charge is -2.23. The van der Waals surface area contributed by atoms with E-state index in [1.54, 1.807) is 20.8 Å². The van der Waals surface area contributed by atoms with Crippen LogP contribution in [0.5, 0.6) is 0 Å². The highest BCUT2D eigenvalue weighted by atomic mass is 35.6. The van der Waals surface area contributed by atoms with E-state index in [2.05, 4.69) is 10.4 Å². The molecule has 148 valence electrons. The first kappa shape index (κ1) is 21.7. The summed E-state index contributed by atoms with van der Waals surface area (Å²) in [5.74, 6) is -3.36. The van der Waals surface area contributed by atoms with Crippen molar-refractivity contribution in [2.24, 2.45) is 0 Å². The number of carbonyl (C=O) groups excluding carboxylic acids is 1. The van der Waals surface area contributed by atoms with Gasteiger partial charge in [-0.2, -0.15) is 5.10 Å². The van der Waals surface area contributed by atoms with Gasteiger partial charge in [-0.05, 0) is 0 Å². The van der Waals surface area contributed by atoms with Crippen molar-refractivity contribution in [2.45, 2.75) is 30.0 Å². The Morgan fingerprint density at radius 2 is 1.74 bits per heavy atom. The van der Waals surface area contributed by atoms with Gasteiger partial charge >= 0.3 is 6.09 Å². The van der Waals surface area contributed by atoms with Crippen molar-refractivity contribution in [2.75, 3.05) is 11.9 Å². The van der Waals surface area contributed by atoms with Crippen LogP contribution >= 0.6 is 34.8 Å². The monoisotopic (exact) mass is 443 g/mol. The number of hydrogen-bond donors (Lipinski definition) is 1. The molecule has 0 aliphatic rings. The van der Waals surface area contributed by atoms with Crippen LogP contribution in [0.15, 0.2) is 18.3 Å². The van der Waals surface area contributed by atoms with Crippen molar-refractivity contribution in [1.82, 2.24) is 9.78 Å². The van der Waals surface area contributed by atoms with Crippen LogP contribution in [0.1, 0.15) is 26.5 Å². The number of nitrogens with zero attached hydrogens (tertiary/aromatic N) is 2. The Labute approximate surface area is 168 Å². The molecular formula is C16H15Cl3F3N3O2. The van der Waals surface area contributed by atoms with Crippen molar-refractivity contribution in [1.29, 1.82) is 0 Å². The van der Waals surface area contributed by atoms with Gasteiger partial charge in [-0.3, -0.25) is 5.32 Å². The quantitative estimate of drug-likeness (QED) is 0.636. The summed E-state index contributed by atoms with van der Waals surface area (Å²) in [6.07, 6.45) is 0.228. The molecule has 0 atom stereocenters. The second kappa shape index (κ2) is 7.77. The molecule has 1 aromatic carbocycles. The highest BCUT2D eigenvalue weighted by molar-refractivity contribution is 6.67. The molecule has 0 unspecified atom stereocenters. The fourth-order valence-corrected chi connectivity index (χ4v) is 2.53. The zero-order chi connectivity index (χ0) is 20.6. The van der Waals surface area contributed by atoms with Crippen LogP contribution in [-0.2, 0) is 10.2 Å². The number of ether oxygens (including phenoxy) is 1. The number of carbonyl (C=O) groups is 1. The van der Waals surface area contributed by atoms with Gasteiger partial charge in [0, 0.05) is 17.5 Å². The zero-order valence-corrected chi connectivity index (χ0v) is 16.7. The first-order chi connectivity index (χ1) is 12.3. The molecule has 1 heterocycles. The van der Waals surface area contributed by atoms with Crippen molar-refractivity contribution < 1.29 is 22.7 Å². The van der Waals surface area contributed by atoms with Gasteiger partial charge in [0.1, 0.15) is 18.1 Å². The lowest BCUT2D eigenvalue weighted by atomic mass is 9.91. The summed E-state index contributed by atoms with van der Waals surface area (Å²) in [6.45, 7) is 4.69. The Hall–Kier alpha value is -1.64. The first-order valence-electron chi connectivity index (χ1n) is 7.53. The lowest BCUT2D eigenvalue weighted by Crippen LogP contribution is -2.24. The molecule has 0 aliphatic heterocycles. The van der Waals surface area contributed by atoms with E-state index in [1.807, 2.05) is 0 Å². The molecule has 2 rings (SSSR count). The van der Waals surface area contributed by atoms with E-state index in [0.717, 1.165) is 4.68 Å². The van der Waals surface area contributed by atoms with Gasteiger partial charge in [-0.1, -0.05) is 55.6 Å². The summed E-state index contributed by atoms with van der Waals surface area (Å²) >= 11 is 16.5. The maximum absolute atomic E-state index is 14.2. The number of aromatic nitrogens is 2. The molecule has 1 amide bonds. The molecule has 1 N–H and O–H groups in total. The minimum Gasteiger partial charge on any atom is -0.445 e. The van der Waals surface area contributed by atoms with E-state index >= 15 is 0 Å². The average Bonchev–Trinajstić information content (AvgIpc) is 2.86. The number of hydrogen-bond acceptors (Lipinski definition) is 3. The second-order valence-corrected chi connectivity index (χ2v) is 9.12. The normalized spacial score (nSPS) is 12.2. The molecule has 0 fully saturated rings.